The molecule has 1 aromatic heterocycles. The largest absolute Gasteiger partial charge is 0.444 e. The van der Waals surface area contributed by atoms with Crippen molar-refractivity contribution in [3.8, 4) is 0 Å². The molecule has 1 heterocycles. The van der Waals surface area contributed by atoms with Crippen LogP contribution in [0.2, 0.25) is 0 Å². The quantitative estimate of drug-likeness (QED) is 0.705. The minimum Gasteiger partial charge on any atom is -0.444 e. The maximum absolute atomic E-state index is 12.1. The van der Waals surface area contributed by atoms with Crippen LogP contribution in [0.25, 0.3) is 0 Å². The molecule has 7 heteroatoms. The lowest BCUT2D eigenvalue weighted by Crippen LogP contribution is -2.19. The van der Waals surface area contributed by atoms with E-state index in [1.807, 2.05) is 6.07 Å². The summed E-state index contributed by atoms with van der Waals surface area (Å²) >= 11 is 0. The first-order valence-corrected chi connectivity index (χ1v) is 8.13. The third-order valence-electron chi connectivity index (χ3n) is 3.84. The number of carbonyl (C=O) groups excluding carboxylic acids is 4. The van der Waals surface area contributed by atoms with E-state index >= 15 is 0 Å². The number of nitrogens with one attached hydrogen (secondary N) is 1. The molecule has 1 aromatic carbocycles. The Kier molecular flexibility index (Phi) is 6.06. The Labute approximate surface area is 150 Å². The summed E-state index contributed by atoms with van der Waals surface area (Å²) < 4.78 is 5.32. The van der Waals surface area contributed by atoms with Gasteiger partial charge in [-0.05, 0) is 20.3 Å². The number of anilines is 1. The Bertz CT molecular complexity index is 852. The second-order valence-corrected chi connectivity index (χ2v) is 5.85. The number of nitrogens with two attached hydrogens (primary N) is 1. The van der Waals surface area contributed by atoms with E-state index < -0.39 is 11.8 Å². The smallest absolute Gasteiger partial charge is 0.255 e. The lowest BCUT2D eigenvalue weighted by atomic mass is 10.1. The highest BCUT2D eigenvalue weighted by Crippen LogP contribution is 2.27. The minimum absolute atomic E-state index is 0.0519. The van der Waals surface area contributed by atoms with Crippen molar-refractivity contribution >= 4 is 29.3 Å². The maximum Gasteiger partial charge on any atom is 0.255 e. The molecule has 3 N–H and O–H groups in total. The fraction of sp³-hybridized carbons (Fsp3) is 0.263. The Morgan fingerprint density at radius 2 is 1.69 bits per heavy atom. The maximum atomic E-state index is 12.1. The van der Waals surface area contributed by atoms with Crippen molar-refractivity contribution < 1.29 is 23.6 Å². The molecule has 2 aromatic rings. The van der Waals surface area contributed by atoms with Crippen LogP contribution in [0.3, 0.4) is 0 Å². The predicted octanol–water partition coefficient (Wildman–Crippen LogP) is 2.88. The van der Waals surface area contributed by atoms with Gasteiger partial charge in [0.05, 0.1) is 5.56 Å². The van der Waals surface area contributed by atoms with Crippen molar-refractivity contribution in [3.05, 3.63) is 52.8 Å². The molecule has 0 saturated carbocycles. The second-order valence-electron chi connectivity index (χ2n) is 5.85. The van der Waals surface area contributed by atoms with E-state index in [4.69, 9.17) is 10.2 Å². The summed E-state index contributed by atoms with van der Waals surface area (Å²) in [5.74, 6) is -1.66. The van der Waals surface area contributed by atoms with Crippen molar-refractivity contribution in [3.63, 3.8) is 0 Å². The molecule has 0 atom stereocenters. The zero-order valence-corrected chi connectivity index (χ0v) is 14.6. The van der Waals surface area contributed by atoms with Crippen LogP contribution in [0, 0.1) is 6.92 Å². The van der Waals surface area contributed by atoms with Crippen molar-refractivity contribution in [1.82, 2.24) is 0 Å². The number of benzene rings is 1. The fourth-order valence-electron chi connectivity index (χ4n) is 2.66. The van der Waals surface area contributed by atoms with E-state index in [0.717, 1.165) is 0 Å². The Morgan fingerprint density at radius 3 is 2.27 bits per heavy atom. The highest BCUT2D eigenvalue weighted by molar-refractivity contribution is 6.11. The third-order valence-corrected chi connectivity index (χ3v) is 3.84. The van der Waals surface area contributed by atoms with Gasteiger partial charge in [-0.15, -0.1) is 0 Å². The minimum atomic E-state index is -0.860. The first kappa shape index (κ1) is 19.1. The topological polar surface area (TPSA) is 119 Å². The first-order chi connectivity index (χ1) is 12.3. The van der Waals surface area contributed by atoms with Crippen LogP contribution in [0.1, 0.15) is 63.0 Å². The number of amides is 2. The molecule has 0 unspecified atom stereocenters. The van der Waals surface area contributed by atoms with Crippen LogP contribution in [-0.4, -0.2) is 23.4 Å². The Hall–Kier alpha value is -3.22. The molecular formula is C19H20N2O5. The van der Waals surface area contributed by atoms with E-state index in [2.05, 4.69) is 5.32 Å². The molecule has 0 aliphatic heterocycles. The molecular weight excluding hydrogens is 336 g/mol. The highest BCUT2D eigenvalue weighted by Gasteiger charge is 2.26. The number of hydrogen-bond donors (Lipinski definition) is 2. The Morgan fingerprint density at radius 1 is 1.04 bits per heavy atom. The molecule has 7 nitrogen and oxygen atoms in total. The normalized spacial score (nSPS) is 10.4. The number of Topliss-reactive ketones (excluding diaryl/α,β-unsaturated/α-hetero) is 2. The van der Waals surface area contributed by atoms with Gasteiger partial charge in [-0.25, -0.2) is 0 Å². The van der Waals surface area contributed by atoms with Gasteiger partial charge < -0.3 is 10.2 Å². The number of aryl methyl sites for hydroxylation is 1. The van der Waals surface area contributed by atoms with Gasteiger partial charge in [0.1, 0.15) is 11.3 Å². The molecule has 0 bridgehead atoms. The lowest BCUT2D eigenvalue weighted by molar-refractivity contribution is -0.116. The zero-order valence-electron chi connectivity index (χ0n) is 14.6. The van der Waals surface area contributed by atoms with E-state index in [-0.39, 0.29) is 47.2 Å². The number of hydrogen-bond acceptors (Lipinski definition) is 5. The molecule has 0 aliphatic rings. The Balaban J connectivity index is 1.98. The lowest BCUT2D eigenvalue weighted by Gasteiger charge is -2.04. The molecule has 2 amide bonds. The average Bonchev–Trinajstić information content (AvgIpc) is 2.91. The summed E-state index contributed by atoms with van der Waals surface area (Å²) in [6, 6.07) is 8.81. The summed E-state index contributed by atoms with van der Waals surface area (Å²) in [6.45, 7) is 2.79. The highest BCUT2D eigenvalue weighted by atomic mass is 16.4. The van der Waals surface area contributed by atoms with Crippen LogP contribution >= 0.6 is 0 Å². The fourth-order valence-corrected chi connectivity index (χ4v) is 2.66. The number of ketones is 2. The van der Waals surface area contributed by atoms with Gasteiger partial charge in [-0.1, -0.05) is 30.3 Å². The number of primary amides is 1. The molecule has 2 rings (SSSR count). The summed E-state index contributed by atoms with van der Waals surface area (Å²) in [5, 5.41) is 2.45. The molecule has 136 valence electrons. The van der Waals surface area contributed by atoms with Gasteiger partial charge >= 0.3 is 0 Å². The number of carbonyl (C=O) groups is 4. The van der Waals surface area contributed by atoms with E-state index in [1.165, 1.54) is 13.8 Å². The van der Waals surface area contributed by atoms with Crippen LogP contribution in [0.5, 0.6) is 0 Å². The monoisotopic (exact) mass is 356 g/mol. The van der Waals surface area contributed by atoms with Crippen molar-refractivity contribution in [2.45, 2.75) is 33.1 Å². The van der Waals surface area contributed by atoms with Crippen LogP contribution in [-0.2, 0) is 4.79 Å². The predicted molar refractivity (Wildman–Crippen MR) is 95.2 cm³/mol. The van der Waals surface area contributed by atoms with Crippen molar-refractivity contribution in [1.29, 1.82) is 0 Å². The molecule has 0 spiro atoms. The van der Waals surface area contributed by atoms with Gasteiger partial charge in [-0.2, -0.15) is 0 Å². The van der Waals surface area contributed by atoms with Crippen LogP contribution < -0.4 is 11.1 Å². The zero-order chi connectivity index (χ0) is 19.3. The molecule has 26 heavy (non-hydrogen) atoms. The number of rotatable bonds is 8. The average molecular weight is 356 g/mol. The third kappa shape index (κ3) is 4.44. The summed E-state index contributed by atoms with van der Waals surface area (Å²) in [7, 11) is 0. The standard InChI is InChI=1S/C19H20N2O5/c1-11(22)16-12(2)26-19(17(16)18(20)25)21-15(24)10-6-9-14(23)13-7-4-3-5-8-13/h3-5,7-8H,6,9-10H2,1-2H3,(H2,20,25)(H,21,24). The van der Waals surface area contributed by atoms with Gasteiger partial charge in [0.15, 0.2) is 11.6 Å². The van der Waals surface area contributed by atoms with E-state index in [1.54, 1.807) is 24.3 Å². The van der Waals surface area contributed by atoms with Gasteiger partial charge in [0, 0.05) is 18.4 Å². The van der Waals surface area contributed by atoms with Gasteiger partial charge in [0.2, 0.25) is 11.8 Å². The van der Waals surface area contributed by atoms with E-state index in [9.17, 15) is 19.2 Å². The first-order valence-electron chi connectivity index (χ1n) is 8.13. The summed E-state index contributed by atoms with van der Waals surface area (Å²) in [4.78, 5) is 47.3. The van der Waals surface area contributed by atoms with Crippen molar-refractivity contribution in [2.24, 2.45) is 5.73 Å². The molecule has 0 saturated heterocycles. The van der Waals surface area contributed by atoms with Crippen LogP contribution in [0.4, 0.5) is 5.88 Å². The summed E-state index contributed by atoms with van der Waals surface area (Å²) in [5.41, 5.74) is 5.82. The SMILES string of the molecule is CC(=O)c1c(C)oc(NC(=O)CCCC(=O)c2ccccc2)c1C(N)=O. The summed E-state index contributed by atoms with van der Waals surface area (Å²) in [6.07, 6.45) is 0.618. The molecule has 0 aliphatic carbocycles. The van der Waals surface area contributed by atoms with Crippen LogP contribution in [0.15, 0.2) is 34.7 Å². The van der Waals surface area contributed by atoms with E-state index in [0.29, 0.717) is 12.0 Å². The second kappa shape index (κ2) is 8.24. The van der Waals surface area contributed by atoms with Gasteiger partial charge in [-0.3, -0.25) is 24.5 Å². The number of furan rings is 1. The molecule has 0 fully saturated rings. The van der Waals surface area contributed by atoms with Gasteiger partial charge in [0.25, 0.3) is 5.91 Å². The molecule has 0 radical (unpaired) electrons. The van der Waals surface area contributed by atoms with Crippen molar-refractivity contribution in [2.75, 3.05) is 5.32 Å².